The van der Waals surface area contributed by atoms with Crippen LogP contribution in [0.15, 0.2) is 42.7 Å². The first-order valence-corrected chi connectivity index (χ1v) is 6.38. The van der Waals surface area contributed by atoms with Gasteiger partial charge in [0.15, 0.2) is 0 Å². The number of para-hydroxylation sites is 1. The molecule has 2 rings (SSSR count). The lowest BCUT2D eigenvalue weighted by Crippen LogP contribution is -2.14. The highest BCUT2D eigenvalue weighted by Gasteiger charge is 2.10. The van der Waals surface area contributed by atoms with E-state index < -0.39 is 13.0 Å². The van der Waals surface area contributed by atoms with E-state index in [4.69, 9.17) is 10.5 Å². The number of benzene rings is 1. The minimum Gasteiger partial charge on any atom is -0.375 e. The SMILES string of the molecule is NC(CCOCC(F)F)c1cnn(-c2ccccc2)c1. The van der Waals surface area contributed by atoms with Gasteiger partial charge in [-0.1, -0.05) is 18.2 Å². The third-order valence-electron chi connectivity index (χ3n) is 2.87. The second kappa shape index (κ2) is 7.12. The molecule has 0 bridgehead atoms. The smallest absolute Gasteiger partial charge is 0.261 e. The van der Waals surface area contributed by atoms with E-state index >= 15 is 0 Å². The molecular formula is C14H17F2N3O. The number of hydrogen-bond acceptors (Lipinski definition) is 3. The van der Waals surface area contributed by atoms with Gasteiger partial charge in [0.25, 0.3) is 6.43 Å². The van der Waals surface area contributed by atoms with Crippen molar-refractivity contribution in [3.63, 3.8) is 0 Å². The molecule has 2 aromatic rings. The molecule has 0 aliphatic heterocycles. The second-order valence-corrected chi connectivity index (χ2v) is 4.41. The summed E-state index contributed by atoms with van der Waals surface area (Å²) < 4.78 is 30.4. The molecule has 20 heavy (non-hydrogen) atoms. The highest BCUT2D eigenvalue weighted by Crippen LogP contribution is 2.15. The minimum absolute atomic E-state index is 0.210. The van der Waals surface area contributed by atoms with E-state index in [9.17, 15) is 8.78 Å². The lowest BCUT2D eigenvalue weighted by molar-refractivity contribution is 0.0152. The van der Waals surface area contributed by atoms with Crippen LogP contribution in [0.4, 0.5) is 8.78 Å². The summed E-state index contributed by atoms with van der Waals surface area (Å²) in [6.45, 7) is -0.335. The van der Waals surface area contributed by atoms with E-state index in [2.05, 4.69) is 5.10 Å². The van der Waals surface area contributed by atoms with Gasteiger partial charge >= 0.3 is 0 Å². The maximum Gasteiger partial charge on any atom is 0.261 e. The van der Waals surface area contributed by atoms with Gasteiger partial charge in [-0.2, -0.15) is 5.10 Å². The van der Waals surface area contributed by atoms with Crippen molar-refractivity contribution < 1.29 is 13.5 Å². The lowest BCUT2D eigenvalue weighted by atomic mass is 10.1. The van der Waals surface area contributed by atoms with E-state index in [1.54, 1.807) is 10.9 Å². The third-order valence-corrected chi connectivity index (χ3v) is 2.87. The zero-order chi connectivity index (χ0) is 14.4. The van der Waals surface area contributed by atoms with E-state index in [0.717, 1.165) is 11.3 Å². The molecule has 0 amide bonds. The molecule has 1 aromatic carbocycles. The van der Waals surface area contributed by atoms with Gasteiger partial charge in [-0.25, -0.2) is 13.5 Å². The maximum absolute atomic E-state index is 11.9. The van der Waals surface area contributed by atoms with Crippen molar-refractivity contribution in [3.05, 3.63) is 48.3 Å². The quantitative estimate of drug-likeness (QED) is 0.793. The van der Waals surface area contributed by atoms with Crippen LogP contribution in [0.3, 0.4) is 0 Å². The summed E-state index contributed by atoms with van der Waals surface area (Å²) in [5.41, 5.74) is 7.78. The predicted molar refractivity (Wildman–Crippen MR) is 71.9 cm³/mol. The van der Waals surface area contributed by atoms with Gasteiger partial charge in [-0.15, -0.1) is 0 Å². The zero-order valence-electron chi connectivity index (χ0n) is 11.0. The van der Waals surface area contributed by atoms with Gasteiger partial charge in [-0.3, -0.25) is 0 Å². The molecule has 0 radical (unpaired) electrons. The van der Waals surface area contributed by atoms with Crippen LogP contribution in [0, 0.1) is 0 Å². The summed E-state index contributed by atoms with van der Waals surface area (Å²) in [6, 6.07) is 9.39. The number of ether oxygens (including phenoxy) is 1. The first-order valence-electron chi connectivity index (χ1n) is 6.38. The second-order valence-electron chi connectivity index (χ2n) is 4.41. The molecule has 1 unspecified atom stereocenters. The zero-order valence-corrected chi connectivity index (χ0v) is 11.0. The number of rotatable bonds is 7. The van der Waals surface area contributed by atoms with Crippen molar-refractivity contribution in [2.75, 3.05) is 13.2 Å². The van der Waals surface area contributed by atoms with Crippen molar-refractivity contribution in [2.24, 2.45) is 5.73 Å². The number of nitrogens with two attached hydrogens (primary N) is 1. The fourth-order valence-corrected chi connectivity index (χ4v) is 1.80. The van der Waals surface area contributed by atoms with E-state index in [-0.39, 0.29) is 12.6 Å². The number of hydrogen-bond donors (Lipinski definition) is 1. The molecule has 4 nitrogen and oxygen atoms in total. The van der Waals surface area contributed by atoms with Crippen molar-refractivity contribution >= 4 is 0 Å². The molecule has 0 saturated heterocycles. The average Bonchev–Trinajstić information content (AvgIpc) is 2.94. The molecule has 2 N–H and O–H groups in total. The van der Waals surface area contributed by atoms with Crippen LogP contribution in [-0.2, 0) is 4.74 Å². The van der Waals surface area contributed by atoms with Crippen molar-refractivity contribution in [3.8, 4) is 5.69 Å². The van der Waals surface area contributed by atoms with Gasteiger partial charge in [0.1, 0.15) is 6.61 Å². The van der Waals surface area contributed by atoms with Gasteiger partial charge < -0.3 is 10.5 Å². The molecule has 0 aliphatic carbocycles. The third kappa shape index (κ3) is 4.11. The summed E-state index contributed by atoms with van der Waals surface area (Å²) in [5, 5.41) is 4.24. The standard InChI is InChI=1S/C14H17F2N3O/c15-14(16)10-20-7-6-13(17)11-8-18-19(9-11)12-4-2-1-3-5-12/h1-5,8-9,13-14H,6-7,10,17H2. The van der Waals surface area contributed by atoms with Crippen LogP contribution in [-0.4, -0.2) is 29.4 Å². The predicted octanol–water partition coefficient (Wildman–Crippen LogP) is 2.54. The monoisotopic (exact) mass is 281 g/mol. The normalized spacial score (nSPS) is 12.8. The summed E-state index contributed by atoms with van der Waals surface area (Å²) in [5.74, 6) is 0. The molecule has 0 fully saturated rings. The largest absolute Gasteiger partial charge is 0.375 e. The Labute approximate surface area is 116 Å². The molecule has 1 atom stereocenters. The van der Waals surface area contributed by atoms with E-state index in [0.29, 0.717) is 6.42 Å². The average molecular weight is 281 g/mol. The molecule has 1 heterocycles. The Morgan fingerprint density at radius 1 is 1.25 bits per heavy atom. The van der Waals surface area contributed by atoms with Crippen LogP contribution in [0.25, 0.3) is 5.69 Å². The summed E-state index contributed by atoms with van der Waals surface area (Å²) in [6.07, 6.45) is 1.57. The number of nitrogens with zero attached hydrogens (tertiary/aromatic N) is 2. The van der Waals surface area contributed by atoms with Gasteiger partial charge in [0.05, 0.1) is 11.9 Å². The molecule has 0 aliphatic rings. The molecule has 0 saturated carbocycles. The summed E-state index contributed by atoms with van der Waals surface area (Å²) in [7, 11) is 0. The van der Waals surface area contributed by atoms with Crippen molar-refractivity contribution in [1.82, 2.24) is 9.78 Å². The number of alkyl halides is 2. The van der Waals surface area contributed by atoms with Crippen molar-refractivity contribution in [1.29, 1.82) is 0 Å². The molecule has 1 aromatic heterocycles. The van der Waals surface area contributed by atoms with Gasteiger partial charge in [0, 0.05) is 24.4 Å². The van der Waals surface area contributed by atoms with E-state index in [1.807, 2.05) is 36.5 Å². The topological polar surface area (TPSA) is 53.1 Å². The van der Waals surface area contributed by atoms with E-state index in [1.165, 1.54) is 0 Å². The van der Waals surface area contributed by atoms with Crippen LogP contribution >= 0.6 is 0 Å². The van der Waals surface area contributed by atoms with Crippen LogP contribution < -0.4 is 5.73 Å². The fraction of sp³-hybridized carbons (Fsp3) is 0.357. The Morgan fingerprint density at radius 2 is 2.00 bits per heavy atom. The van der Waals surface area contributed by atoms with Crippen LogP contribution in [0.1, 0.15) is 18.0 Å². The molecule has 0 spiro atoms. The molecule has 6 heteroatoms. The number of aromatic nitrogens is 2. The van der Waals surface area contributed by atoms with Gasteiger partial charge in [0.2, 0.25) is 0 Å². The number of halogens is 2. The molecular weight excluding hydrogens is 264 g/mol. The van der Waals surface area contributed by atoms with Crippen LogP contribution in [0.2, 0.25) is 0 Å². The van der Waals surface area contributed by atoms with Crippen molar-refractivity contribution in [2.45, 2.75) is 18.9 Å². The maximum atomic E-state index is 11.9. The Kier molecular flexibility index (Phi) is 5.20. The highest BCUT2D eigenvalue weighted by atomic mass is 19.3. The Balaban J connectivity index is 1.88. The lowest BCUT2D eigenvalue weighted by Gasteiger charge is -2.09. The first kappa shape index (κ1) is 14.6. The fourth-order valence-electron chi connectivity index (χ4n) is 1.80. The minimum atomic E-state index is -2.44. The Bertz CT molecular complexity index is 516. The molecule has 108 valence electrons. The summed E-state index contributed by atoms with van der Waals surface area (Å²) in [4.78, 5) is 0. The van der Waals surface area contributed by atoms with Gasteiger partial charge in [-0.05, 0) is 18.6 Å². The Morgan fingerprint density at radius 3 is 2.70 bits per heavy atom. The Hall–Kier alpha value is -1.79. The highest BCUT2D eigenvalue weighted by molar-refractivity contribution is 5.31. The first-order chi connectivity index (χ1) is 9.66. The van der Waals surface area contributed by atoms with Crippen LogP contribution in [0.5, 0.6) is 0 Å². The summed E-state index contributed by atoms with van der Waals surface area (Å²) >= 11 is 0.